The van der Waals surface area contributed by atoms with Gasteiger partial charge in [-0.15, -0.1) is 0 Å². The number of nitrogens with one attached hydrogen (secondary N) is 3. The number of sulfonamides is 1. The van der Waals surface area contributed by atoms with Crippen LogP contribution in [-0.4, -0.2) is 97.0 Å². The average molecular weight is 774 g/mol. The molecular weight excluding hydrogens is 722 g/mol. The van der Waals surface area contributed by atoms with Crippen molar-refractivity contribution in [2.75, 3.05) is 19.9 Å². The Hall–Kier alpha value is -4.28. The van der Waals surface area contributed by atoms with E-state index < -0.39 is 74.3 Å². The summed E-state index contributed by atoms with van der Waals surface area (Å²) < 4.78 is 50.7. The number of cyclic esters (lactones) is 1. The SMILES string of the molecule is CC[C@H]1C[C@@]1(NC(=O)[C@@H]1CC2CN1C(=O)[C@H](C(C)(C)C)NC(=O)OCCCCCCc1c3c(cc4c1OCO4)CN(C3)C(=O)O2)C(=O)NS(=O)(=O)C1CC1. The molecule has 2 saturated carbocycles. The molecule has 1 aromatic rings. The maximum atomic E-state index is 14.4. The number of fused-ring (bicyclic) bond motifs is 5. The monoisotopic (exact) mass is 773 g/mol. The third-order valence-corrected chi connectivity index (χ3v) is 13.4. The summed E-state index contributed by atoms with van der Waals surface area (Å²) in [5.41, 5.74) is 0.625. The van der Waals surface area contributed by atoms with Crippen molar-refractivity contribution in [3.8, 4) is 11.5 Å². The largest absolute Gasteiger partial charge is 0.454 e. The fourth-order valence-electron chi connectivity index (χ4n) is 8.18. The third-order valence-electron chi connectivity index (χ3n) is 11.5. The number of carbonyl (C=O) groups excluding carboxylic acids is 5. The van der Waals surface area contributed by atoms with E-state index in [-0.39, 0.29) is 45.2 Å². The molecule has 0 aromatic heterocycles. The van der Waals surface area contributed by atoms with Gasteiger partial charge in [-0.25, -0.2) is 18.0 Å². The van der Waals surface area contributed by atoms with Crippen LogP contribution in [0.25, 0.3) is 0 Å². The zero-order valence-electron chi connectivity index (χ0n) is 31.4. The van der Waals surface area contributed by atoms with E-state index in [9.17, 15) is 32.4 Å². The van der Waals surface area contributed by atoms with Gasteiger partial charge in [0.05, 0.1) is 24.9 Å². The number of benzene rings is 1. The second-order valence-electron chi connectivity index (χ2n) is 16.5. The Bertz CT molecular complexity index is 1830. The molecule has 3 fully saturated rings. The Kier molecular flexibility index (Phi) is 10.1. The number of nitrogens with zero attached hydrogens (tertiary/aromatic N) is 2. The lowest BCUT2D eigenvalue weighted by Crippen LogP contribution is -2.60. The highest BCUT2D eigenvalue weighted by Crippen LogP contribution is 2.47. The van der Waals surface area contributed by atoms with Crippen LogP contribution in [0.15, 0.2) is 6.07 Å². The molecule has 4 heterocycles. The normalized spacial score (nSPS) is 28.9. The molecule has 7 rings (SSSR count). The van der Waals surface area contributed by atoms with Crippen molar-refractivity contribution in [3.63, 3.8) is 0 Å². The molecule has 5 atom stereocenters. The van der Waals surface area contributed by atoms with Gasteiger partial charge in [0.1, 0.15) is 23.7 Å². The van der Waals surface area contributed by atoms with Crippen LogP contribution in [-0.2, 0) is 53.4 Å². The maximum absolute atomic E-state index is 14.4. The Morgan fingerprint density at radius 1 is 1.02 bits per heavy atom. The van der Waals surface area contributed by atoms with Gasteiger partial charge in [0, 0.05) is 18.5 Å². The van der Waals surface area contributed by atoms with Crippen LogP contribution in [0, 0.1) is 11.3 Å². The number of rotatable bonds is 6. The van der Waals surface area contributed by atoms with E-state index in [0.29, 0.717) is 50.1 Å². The first-order chi connectivity index (χ1) is 25.6. The smallest absolute Gasteiger partial charge is 0.410 e. The van der Waals surface area contributed by atoms with Crippen molar-refractivity contribution < 1.29 is 51.3 Å². The zero-order chi connectivity index (χ0) is 38.6. The van der Waals surface area contributed by atoms with Crippen molar-refractivity contribution in [3.05, 3.63) is 22.8 Å². The Morgan fingerprint density at radius 2 is 1.78 bits per heavy atom. The number of amides is 5. The fourth-order valence-corrected chi connectivity index (χ4v) is 9.54. The van der Waals surface area contributed by atoms with Gasteiger partial charge < -0.3 is 34.5 Å². The third kappa shape index (κ3) is 7.52. The molecular formula is C37H51N5O11S. The molecule has 0 radical (unpaired) electrons. The Morgan fingerprint density at radius 3 is 2.48 bits per heavy atom. The number of hydrogen-bond acceptors (Lipinski definition) is 11. The summed E-state index contributed by atoms with van der Waals surface area (Å²) in [4.78, 5) is 71.9. The number of ether oxygens (including phenoxy) is 4. The zero-order valence-corrected chi connectivity index (χ0v) is 32.2. The van der Waals surface area contributed by atoms with E-state index in [1.807, 2.05) is 13.0 Å². The number of hydrogen-bond donors (Lipinski definition) is 3. The van der Waals surface area contributed by atoms with Crippen molar-refractivity contribution >= 4 is 39.9 Å². The van der Waals surface area contributed by atoms with Gasteiger partial charge in [-0.05, 0) is 67.1 Å². The van der Waals surface area contributed by atoms with E-state index in [1.165, 1.54) is 4.90 Å². The Balaban J connectivity index is 1.15. The Labute approximate surface area is 315 Å². The van der Waals surface area contributed by atoms with Crippen LogP contribution >= 0.6 is 0 Å². The summed E-state index contributed by atoms with van der Waals surface area (Å²) in [5.74, 6) is -1.05. The minimum absolute atomic E-state index is 0.0818. The van der Waals surface area contributed by atoms with Gasteiger partial charge >= 0.3 is 12.2 Å². The first-order valence-electron chi connectivity index (χ1n) is 19.1. The van der Waals surface area contributed by atoms with Gasteiger partial charge in [0.15, 0.2) is 11.5 Å². The van der Waals surface area contributed by atoms with E-state index in [4.69, 9.17) is 18.9 Å². The second-order valence-corrected chi connectivity index (χ2v) is 18.5. The molecule has 0 spiro atoms. The molecule has 1 unspecified atom stereocenters. The highest BCUT2D eigenvalue weighted by molar-refractivity contribution is 7.91. The number of carbonyl (C=O) groups is 5. The van der Waals surface area contributed by atoms with Crippen molar-refractivity contribution in [1.82, 2.24) is 25.2 Å². The highest BCUT2D eigenvalue weighted by Gasteiger charge is 2.62. The average Bonchev–Trinajstić information content (AvgIpc) is 3.93. The lowest BCUT2D eigenvalue weighted by atomic mass is 9.85. The lowest BCUT2D eigenvalue weighted by Gasteiger charge is -2.35. The summed E-state index contributed by atoms with van der Waals surface area (Å²) in [5, 5.41) is 4.89. The quantitative estimate of drug-likeness (QED) is 0.384. The van der Waals surface area contributed by atoms with E-state index in [1.54, 1.807) is 25.7 Å². The van der Waals surface area contributed by atoms with Gasteiger partial charge in [-0.1, -0.05) is 47.0 Å². The van der Waals surface area contributed by atoms with Crippen LogP contribution < -0.4 is 24.8 Å². The van der Waals surface area contributed by atoms with Crippen molar-refractivity contribution in [2.24, 2.45) is 11.3 Å². The van der Waals surface area contributed by atoms with E-state index in [2.05, 4.69) is 15.4 Å². The van der Waals surface area contributed by atoms with Crippen LogP contribution in [0.5, 0.6) is 11.5 Å². The summed E-state index contributed by atoms with van der Waals surface area (Å²) in [6.45, 7) is 7.89. The molecule has 17 heteroatoms. The van der Waals surface area contributed by atoms with Crippen LogP contribution in [0.2, 0.25) is 0 Å². The molecule has 2 aliphatic carbocycles. The summed E-state index contributed by atoms with van der Waals surface area (Å²) in [6.07, 6.45) is 3.15. The van der Waals surface area contributed by atoms with Crippen LogP contribution in [0.3, 0.4) is 0 Å². The first kappa shape index (κ1) is 38.0. The first-order valence-corrected chi connectivity index (χ1v) is 20.7. The molecule has 1 saturated heterocycles. The molecule has 1 aromatic carbocycles. The molecule has 3 N–H and O–H groups in total. The number of alkyl carbamates (subject to hydrolysis) is 1. The molecule has 16 nitrogen and oxygen atoms in total. The predicted octanol–water partition coefficient (Wildman–Crippen LogP) is 2.99. The maximum Gasteiger partial charge on any atom is 0.410 e. The molecule has 6 aliphatic rings. The topological polar surface area (TPSA) is 199 Å². The molecule has 296 valence electrons. The summed E-state index contributed by atoms with van der Waals surface area (Å²) >= 11 is 0. The molecule has 5 amide bonds. The van der Waals surface area contributed by atoms with Crippen LogP contribution in [0.4, 0.5) is 9.59 Å². The highest BCUT2D eigenvalue weighted by atomic mass is 32.2. The van der Waals surface area contributed by atoms with E-state index >= 15 is 0 Å². The standard InChI is InChI=1S/C37H51N5O11S/c1-5-22-16-37(22,33(45)40-54(48,49)24-11-12-24)39-31(43)27-15-23-18-42(27)32(44)30(36(2,3)4)38-34(46)50-13-9-7-6-8-10-25-26-19-41(35(47)53-23)17-21(26)14-28-29(25)52-20-51-28/h14,22-24,27,30H,5-13,15-20H2,1-4H3,(H,38,46)(H,39,43)(H,40,45)/t22-,23?,27-,30+,37-/m0/s1. The summed E-state index contributed by atoms with van der Waals surface area (Å²) in [6, 6.07) is -0.421. The molecule has 4 aliphatic heterocycles. The molecule has 4 bridgehead atoms. The lowest BCUT2D eigenvalue weighted by molar-refractivity contribution is -0.143. The van der Waals surface area contributed by atoms with Gasteiger partial charge in [0.2, 0.25) is 28.6 Å². The van der Waals surface area contributed by atoms with Gasteiger partial charge in [-0.3, -0.25) is 24.0 Å². The van der Waals surface area contributed by atoms with Crippen molar-refractivity contribution in [1.29, 1.82) is 0 Å². The van der Waals surface area contributed by atoms with Gasteiger partial charge in [-0.2, -0.15) is 0 Å². The minimum atomic E-state index is -3.89. The van der Waals surface area contributed by atoms with Gasteiger partial charge in [0.25, 0.3) is 5.91 Å². The van der Waals surface area contributed by atoms with Crippen LogP contribution in [0.1, 0.15) is 102 Å². The second kappa shape index (κ2) is 14.4. The fraction of sp³-hybridized carbons (Fsp3) is 0.703. The van der Waals surface area contributed by atoms with E-state index in [0.717, 1.165) is 36.0 Å². The summed E-state index contributed by atoms with van der Waals surface area (Å²) in [7, 11) is -3.89. The van der Waals surface area contributed by atoms with Crippen molar-refractivity contribution in [2.45, 2.75) is 134 Å². The minimum Gasteiger partial charge on any atom is -0.454 e. The predicted molar refractivity (Wildman–Crippen MR) is 191 cm³/mol. The molecule has 54 heavy (non-hydrogen) atoms.